The maximum absolute atomic E-state index is 12.2. The molecule has 7 heteroatoms. The summed E-state index contributed by atoms with van der Waals surface area (Å²) in [6, 6.07) is 12.0. The molecule has 0 aliphatic rings. The summed E-state index contributed by atoms with van der Waals surface area (Å²) in [5, 5.41) is 9.03. The third-order valence-electron chi connectivity index (χ3n) is 3.49. The average molecular weight is 376 g/mol. The number of carbonyl (C=O) groups is 2. The van der Waals surface area contributed by atoms with E-state index in [1.54, 1.807) is 37.3 Å². The van der Waals surface area contributed by atoms with Crippen molar-refractivity contribution in [2.45, 2.75) is 20.3 Å². The molecule has 130 valence electrons. The molecule has 2 aromatic rings. The fourth-order valence-electron chi connectivity index (χ4n) is 2.10. The summed E-state index contributed by atoms with van der Waals surface area (Å²) in [5.74, 6) is -0.426. The topological polar surface area (TPSA) is 70.2 Å². The number of benzene rings is 2. The van der Waals surface area contributed by atoms with Gasteiger partial charge in [-0.15, -0.1) is 0 Å². The Morgan fingerprint density at radius 2 is 1.72 bits per heavy atom. The van der Waals surface area contributed by atoms with Gasteiger partial charge in [0.05, 0.1) is 0 Å². The first-order valence-electron chi connectivity index (χ1n) is 7.68. The molecule has 3 N–H and O–H groups in total. The van der Waals surface area contributed by atoms with Crippen LogP contribution in [0.5, 0.6) is 0 Å². The Hall–Kier alpha value is -2.44. The Morgan fingerprint density at radius 3 is 2.36 bits per heavy atom. The van der Waals surface area contributed by atoms with E-state index in [1.807, 2.05) is 19.1 Å². The van der Waals surface area contributed by atoms with Gasteiger partial charge in [0, 0.05) is 28.4 Å². The number of carbonyl (C=O) groups excluding carboxylic acids is 2. The van der Waals surface area contributed by atoms with E-state index in [1.165, 1.54) is 0 Å². The van der Waals surface area contributed by atoms with Gasteiger partial charge < -0.3 is 10.6 Å². The van der Waals surface area contributed by atoms with Gasteiger partial charge in [-0.25, -0.2) is 0 Å². The van der Waals surface area contributed by atoms with Crippen molar-refractivity contribution in [3.8, 4) is 0 Å². The lowest BCUT2D eigenvalue weighted by atomic mass is 10.1. The highest BCUT2D eigenvalue weighted by Gasteiger charge is 2.11. The van der Waals surface area contributed by atoms with Crippen molar-refractivity contribution in [1.29, 1.82) is 0 Å². The first-order chi connectivity index (χ1) is 11.9. The lowest BCUT2D eigenvalue weighted by molar-refractivity contribution is -0.115. The molecule has 0 heterocycles. The van der Waals surface area contributed by atoms with E-state index >= 15 is 0 Å². The van der Waals surface area contributed by atoms with Crippen LogP contribution in [0.3, 0.4) is 0 Å². The SMILES string of the molecule is CCC(=O)Nc1cccc(NC(=S)NC(=O)c2cccc(Cl)c2)c1C. The first kappa shape index (κ1) is 18.9. The van der Waals surface area contributed by atoms with Crippen molar-refractivity contribution in [3.05, 3.63) is 58.6 Å². The predicted octanol–water partition coefficient (Wildman–Crippen LogP) is 4.12. The number of thiocarbonyl (C=S) groups is 1. The van der Waals surface area contributed by atoms with Crippen LogP contribution in [0.2, 0.25) is 5.02 Å². The van der Waals surface area contributed by atoms with Crippen LogP contribution in [0.1, 0.15) is 29.3 Å². The number of hydrogen-bond acceptors (Lipinski definition) is 3. The summed E-state index contributed by atoms with van der Waals surface area (Å²) >= 11 is 11.1. The number of anilines is 2. The predicted molar refractivity (Wildman–Crippen MR) is 105 cm³/mol. The maximum atomic E-state index is 12.2. The van der Waals surface area contributed by atoms with Crippen molar-refractivity contribution >= 4 is 52.1 Å². The highest BCUT2D eigenvalue weighted by atomic mass is 35.5. The minimum absolute atomic E-state index is 0.0721. The average Bonchev–Trinajstić information content (AvgIpc) is 2.58. The molecule has 2 amide bonds. The molecule has 0 radical (unpaired) electrons. The van der Waals surface area contributed by atoms with Gasteiger partial charge in [-0.2, -0.15) is 0 Å². The Labute approximate surface area is 156 Å². The second-order valence-electron chi connectivity index (χ2n) is 5.30. The largest absolute Gasteiger partial charge is 0.332 e. The van der Waals surface area contributed by atoms with Gasteiger partial charge in [0.1, 0.15) is 0 Å². The molecule has 0 aliphatic carbocycles. The highest BCUT2D eigenvalue weighted by molar-refractivity contribution is 7.80. The van der Waals surface area contributed by atoms with Crippen LogP contribution in [0.4, 0.5) is 11.4 Å². The minimum atomic E-state index is -0.354. The minimum Gasteiger partial charge on any atom is -0.332 e. The Bertz CT molecular complexity index is 824. The zero-order valence-corrected chi connectivity index (χ0v) is 15.4. The van der Waals surface area contributed by atoms with Gasteiger partial charge in [-0.05, 0) is 55.0 Å². The van der Waals surface area contributed by atoms with Crippen molar-refractivity contribution in [2.24, 2.45) is 0 Å². The Balaban J connectivity index is 2.06. The van der Waals surface area contributed by atoms with Gasteiger partial charge in [-0.3, -0.25) is 14.9 Å². The number of hydrogen-bond donors (Lipinski definition) is 3. The Kier molecular flexibility index (Phi) is 6.50. The molecule has 0 fully saturated rings. The smallest absolute Gasteiger partial charge is 0.257 e. The van der Waals surface area contributed by atoms with Crippen molar-refractivity contribution < 1.29 is 9.59 Å². The maximum Gasteiger partial charge on any atom is 0.257 e. The molecule has 0 spiro atoms. The zero-order valence-electron chi connectivity index (χ0n) is 13.9. The third kappa shape index (κ3) is 5.27. The summed E-state index contributed by atoms with van der Waals surface area (Å²) in [5.41, 5.74) is 2.63. The zero-order chi connectivity index (χ0) is 18.4. The molecule has 0 saturated carbocycles. The van der Waals surface area contributed by atoms with E-state index in [9.17, 15) is 9.59 Å². The molecule has 2 rings (SSSR count). The Morgan fingerprint density at radius 1 is 1.08 bits per heavy atom. The second kappa shape index (κ2) is 8.60. The second-order valence-corrected chi connectivity index (χ2v) is 6.14. The third-order valence-corrected chi connectivity index (χ3v) is 3.93. The van der Waals surface area contributed by atoms with E-state index < -0.39 is 0 Å². The molecule has 0 unspecified atom stereocenters. The lowest BCUT2D eigenvalue weighted by Gasteiger charge is -2.15. The van der Waals surface area contributed by atoms with Gasteiger partial charge >= 0.3 is 0 Å². The molecule has 0 saturated heterocycles. The number of nitrogens with one attached hydrogen (secondary N) is 3. The number of amides is 2. The van der Waals surface area contributed by atoms with Crippen LogP contribution in [0.25, 0.3) is 0 Å². The van der Waals surface area contributed by atoms with E-state index in [0.717, 1.165) is 5.56 Å². The van der Waals surface area contributed by atoms with Crippen molar-refractivity contribution in [1.82, 2.24) is 5.32 Å². The summed E-state index contributed by atoms with van der Waals surface area (Å²) in [6.07, 6.45) is 0.394. The molecule has 0 bridgehead atoms. The highest BCUT2D eigenvalue weighted by Crippen LogP contribution is 2.23. The van der Waals surface area contributed by atoms with Gasteiger partial charge in [0.2, 0.25) is 5.91 Å². The molecule has 25 heavy (non-hydrogen) atoms. The van der Waals surface area contributed by atoms with Gasteiger partial charge in [0.25, 0.3) is 5.91 Å². The lowest BCUT2D eigenvalue weighted by Crippen LogP contribution is -2.34. The van der Waals surface area contributed by atoms with Crippen LogP contribution in [0.15, 0.2) is 42.5 Å². The van der Waals surface area contributed by atoms with E-state index in [4.69, 9.17) is 23.8 Å². The number of halogens is 1. The van der Waals surface area contributed by atoms with Crippen LogP contribution < -0.4 is 16.0 Å². The fraction of sp³-hybridized carbons (Fsp3) is 0.167. The van der Waals surface area contributed by atoms with E-state index in [2.05, 4.69) is 16.0 Å². The number of rotatable bonds is 4. The first-order valence-corrected chi connectivity index (χ1v) is 8.46. The van der Waals surface area contributed by atoms with E-state index in [-0.39, 0.29) is 16.9 Å². The molecule has 5 nitrogen and oxygen atoms in total. The summed E-state index contributed by atoms with van der Waals surface area (Å²) in [7, 11) is 0. The molecule has 0 aliphatic heterocycles. The normalized spacial score (nSPS) is 10.0. The van der Waals surface area contributed by atoms with Crippen LogP contribution >= 0.6 is 23.8 Å². The summed E-state index contributed by atoms with van der Waals surface area (Å²) in [4.78, 5) is 23.8. The van der Waals surface area contributed by atoms with E-state index in [0.29, 0.717) is 28.4 Å². The standard InChI is InChI=1S/C18H18ClN3O2S/c1-3-16(23)20-14-8-5-9-15(11(14)2)21-18(25)22-17(24)12-6-4-7-13(19)10-12/h4-10H,3H2,1-2H3,(H,20,23)(H2,21,22,24,25). The molecular formula is C18H18ClN3O2S. The fourth-order valence-corrected chi connectivity index (χ4v) is 2.50. The van der Waals surface area contributed by atoms with Crippen molar-refractivity contribution in [2.75, 3.05) is 10.6 Å². The van der Waals surface area contributed by atoms with Crippen LogP contribution in [0, 0.1) is 6.92 Å². The quantitative estimate of drug-likeness (QED) is 0.703. The van der Waals surface area contributed by atoms with Crippen LogP contribution in [-0.2, 0) is 4.79 Å². The monoisotopic (exact) mass is 375 g/mol. The van der Waals surface area contributed by atoms with Gasteiger partial charge in [0.15, 0.2) is 5.11 Å². The van der Waals surface area contributed by atoms with Crippen LogP contribution in [-0.4, -0.2) is 16.9 Å². The summed E-state index contributed by atoms with van der Waals surface area (Å²) < 4.78 is 0. The van der Waals surface area contributed by atoms with Gasteiger partial charge in [-0.1, -0.05) is 30.7 Å². The molecule has 0 atom stereocenters. The molecular weight excluding hydrogens is 358 g/mol. The molecule has 0 aromatic heterocycles. The van der Waals surface area contributed by atoms with Crippen molar-refractivity contribution in [3.63, 3.8) is 0 Å². The summed E-state index contributed by atoms with van der Waals surface area (Å²) in [6.45, 7) is 3.64. The molecule has 2 aromatic carbocycles.